The molecule has 1 fully saturated rings. The van der Waals surface area contributed by atoms with Crippen LogP contribution in [0, 0.1) is 0 Å². The third-order valence-corrected chi connectivity index (χ3v) is 6.93. The second-order valence-electron chi connectivity index (χ2n) is 8.72. The molecule has 0 bridgehead atoms. The van der Waals surface area contributed by atoms with Gasteiger partial charge in [-0.2, -0.15) is 0 Å². The van der Waals surface area contributed by atoms with E-state index < -0.39 is 6.04 Å². The van der Waals surface area contributed by atoms with Gasteiger partial charge in [-0.15, -0.1) is 0 Å². The van der Waals surface area contributed by atoms with Crippen LogP contribution in [0.2, 0.25) is 5.02 Å². The normalized spacial score (nSPS) is 16.4. The molecular weight excluding hydrogens is 464 g/mol. The Hall–Kier alpha value is -3.62. The van der Waals surface area contributed by atoms with Gasteiger partial charge in [-0.3, -0.25) is 4.79 Å². The molecule has 1 saturated heterocycles. The molecule has 1 aliphatic heterocycles. The Balaban J connectivity index is 1.28. The highest BCUT2D eigenvalue weighted by Gasteiger charge is 2.29. The van der Waals surface area contributed by atoms with E-state index in [1.165, 1.54) is 0 Å². The molecule has 0 unspecified atom stereocenters. The first-order chi connectivity index (χ1) is 17.0. The zero-order chi connectivity index (χ0) is 24.4. The van der Waals surface area contributed by atoms with Crippen LogP contribution < -0.4 is 15.1 Å². The van der Waals surface area contributed by atoms with Crippen LogP contribution in [0.1, 0.15) is 28.4 Å². The van der Waals surface area contributed by atoms with Crippen LogP contribution in [0.3, 0.4) is 0 Å². The summed E-state index contributed by atoms with van der Waals surface area (Å²) in [6.07, 6.45) is 4.42. The Morgan fingerprint density at radius 1 is 1.26 bits per heavy atom. The van der Waals surface area contributed by atoms with Gasteiger partial charge in [0.15, 0.2) is 0 Å². The van der Waals surface area contributed by atoms with Gasteiger partial charge in [0.05, 0.1) is 28.7 Å². The maximum absolute atomic E-state index is 12.8. The number of aromatic nitrogens is 3. The van der Waals surface area contributed by atoms with Crippen LogP contribution in [0.15, 0.2) is 67.1 Å². The number of benzene rings is 2. The average molecular weight is 491 g/mol. The van der Waals surface area contributed by atoms with E-state index in [1.807, 2.05) is 55.7 Å². The summed E-state index contributed by atoms with van der Waals surface area (Å²) in [5, 5.41) is 14.2. The molecule has 1 amide bonds. The van der Waals surface area contributed by atoms with Gasteiger partial charge in [0.1, 0.15) is 17.8 Å². The first-order valence-electron chi connectivity index (χ1n) is 11.6. The van der Waals surface area contributed by atoms with Crippen LogP contribution >= 0.6 is 11.6 Å². The summed E-state index contributed by atoms with van der Waals surface area (Å²) in [5.41, 5.74) is 2.99. The number of aliphatic hydroxyl groups excluding tert-OH is 1. The molecule has 0 aliphatic carbocycles. The maximum Gasteiger partial charge on any atom is 0.251 e. The fourth-order valence-corrected chi connectivity index (χ4v) is 4.97. The summed E-state index contributed by atoms with van der Waals surface area (Å²) in [4.78, 5) is 29.2. The zero-order valence-electron chi connectivity index (χ0n) is 19.4. The molecule has 2 aromatic carbocycles. The van der Waals surface area contributed by atoms with Crippen molar-refractivity contribution in [2.45, 2.75) is 18.5 Å². The van der Waals surface area contributed by atoms with Crippen LogP contribution in [0.5, 0.6) is 0 Å². The fourth-order valence-electron chi connectivity index (χ4n) is 4.65. The Morgan fingerprint density at radius 3 is 2.86 bits per heavy atom. The number of hydrogen-bond donors (Lipinski definition) is 3. The number of carbonyl (C=O) groups excluding carboxylic acids is 1. The number of amides is 1. The smallest absolute Gasteiger partial charge is 0.251 e. The van der Waals surface area contributed by atoms with Crippen LogP contribution in [0.4, 0.5) is 11.5 Å². The average Bonchev–Trinajstić information content (AvgIpc) is 3.57. The molecule has 9 heteroatoms. The lowest BCUT2D eigenvalue weighted by Crippen LogP contribution is -2.35. The van der Waals surface area contributed by atoms with Crippen LogP contribution in [0.25, 0.3) is 11.0 Å². The number of hydrogen-bond acceptors (Lipinski definition) is 6. The van der Waals surface area contributed by atoms with Gasteiger partial charge in [-0.25, -0.2) is 9.97 Å². The molecule has 2 aromatic heterocycles. The van der Waals surface area contributed by atoms with Gasteiger partial charge in [0.2, 0.25) is 0 Å². The molecule has 3 heterocycles. The summed E-state index contributed by atoms with van der Waals surface area (Å²) in [6.45, 7) is 1.50. The van der Waals surface area contributed by atoms with Gasteiger partial charge < -0.3 is 25.2 Å². The Labute approximate surface area is 208 Å². The number of likely N-dealkylation sites (N-methyl/N-ethyl adjacent to an activating group) is 1. The highest BCUT2D eigenvalue weighted by Crippen LogP contribution is 2.32. The van der Waals surface area contributed by atoms with Gasteiger partial charge in [0, 0.05) is 37.9 Å². The third-order valence-electron chi connectivity index (χ3n) is 6.62. The number of aromatic amines is 1. The number of nitrogens with one attached hydrogen (secondary N) is 2. The number of H-pyrrole nitrogens is 1. The molecule has 2 atom stereocenters. The Kier molecular flexibility index (Phi) is 6.57. The largest absolute Gasteiger partial charge is 0.394 e. The zero-order valence-corrected chi connectivity index (χ0v) is 20.1. The quantitative estimate of drug-likeness (QED) is 0.364. The summed E-state index contributed by atoms with van der Waals surface area (Å²) in [7, 11) is 2.03. The summed E-state index contributed by atoms with van der Waals surface area (Å²) in [5.74, 6) is 0.650. The van der Waals surface area contributed by atoms with E-state index in [0.717, 1.165) is 47.6 Å². The highest BCUT2D eigenvalue weighted by molar-refractivity contribution is 6.33. The molecule has 4 aromatic rings. The first kappa shape index (κ1) is 23.1. The molecule has 0 spiro atoms. The number of carbonyl (C=O) groups is 1. The van der Waals surface area contributed by atoms with Crippen molar-refractivity contribution in [3.05, 3.63) is 83.3 Å². The lowest BCUT2D eigenvalue weighted by Gasteiger charge is -2.28. The monoisotopic (exact) mass is 490 g/mol. The number of fused-ring (bicyclic) bond motifs is 1. The van der Waals surface area contributed by atoms with Crippen molar-refractivity contribution in [1.29, 1.82) is 0 Å². The second kappa shape index (κ2) is 9.93. The topological polar surface area (TPSA) is 97.4 Å². The van der Waals surface area contributed by atoms with Crippen LogP contribution in [-0.2, 0) is 0 Å². The Morgan fingerprint density at radius 2 is 2.09 bits per heavy atom. The van der Waals surface area contributed by atoms with Crippen molar-refractivity contribution in [1.82, 2.24) is 20.3 Å². The molecular formula is C26H27ClN6O2. The van der Waals surface area contributed by atoms with Crippen molar-refractivity contribution in [3.8, 4) is 0 Å². The number of nitrogens with zero attached hydrogens (tertiary/aromatic N) is 4. The summed E-state index contributed by atoms with van der Waals surface area (Å²) >= 11 is 6.64. The molecule has 0 saturated carbocycles. The van der Waals surface area contributed by atoms with E-state index in [9.17, 15) is 9.90 Å². The predicted octanol–water partition coefficient (Wildman–Crippen LogP) is 3.79. The van der Waals surface area contributed by atoms with Crippen molar-refractivity contribution >= 4 is 40.0 Å². The summed E-state index contributed by atoms with van der Waals surface area (Å²) in [6, 6.07) is 16.5. The lowest BCUT2D eigenvalue weighted by molar-refractivity contribution is 0.0916. The van der Waals surface area contributed by atoms with Crippen molar-refractivity contribution in [2.75, 3.05) is 36.5 Å². The van der Waals surface area contributed by atoms with Crippen LogP contribution in [-0.4, -0.2) is 58.8 Å². The molecule has 35 heavy (non-hydrogen) atoms. The fraction of sp³-hybridized carbons (Fsp3) is 0.269. The van der Waals surface area contributed by atoms with E-state index >= 15 is 0 Å². The number of rotatable bonds is 7. The van der Waals surface area contributed by atoms with E-state index in [2.05, 4.69) is 30.1 Å². The standard InChI is InChI=1S/C26H27ClN6O2/c1-32(19-10-12-33(14-19)25-20-9-11-28-24(20)29-16-30-25)23-8-7-18(13-21(23)27)26(35)31-22(15-34)17-5-3-2-4-6-17/h2-9,11,13,16,19,22,34H,10,12,14-15H2,1H3,(H,31,35)(H,28,29,30)/t19-,22+/m1/s1. The minimum Gasteiger partial charge on any atom is -0.394 e. The Bertz CT molecular complexity index is 1330. The van der Waals surface area contributed by atoms with E-state index in [-0.39, 0.29) is 18.6 Å². The predicted molar refractivity (Wildman–Crippen MR) is 138 cm³/mol. The molecule has 1 aliphatic rings. The maximum atomic E-state index is 12.8. The van der Waals surface area contributed by atoms with Gasteiger partial charge in [-0.05, 0) is 36.2 Å². The van der Waals surface area contributed by atoms with Gasteiger partial charge in [-0.1, -0.05) is 41.9 Å². The van der Waals surface area contributed by atoms with Crippen molar-refractivity contribution < 1.29 is 9.90 Å². The molecule has 0 radical (unpaired) electrons. The van der Waals surface area contributed by atoms with E-state index in [0.29, 0.717) is 10.6 Å². The number of halogens is 1. The van der Waals surface area contributed by atoms with E-state index in [1.54, 1.807) is 18.5 Å². The highest BCUT2D eigenvalue weighted by atomic mass is 35.5. The molecule has 3 N–H and O–H groups in total. The third kappa shape index (κ3) is 4.67. The van der Waals surface area contributed by atoms with Gasteiger partial charge >= 0.3 is 0 Å². The minimum absolute atomic E-state index is 0.191. The molecule has 8 nitrogen and oxygen atoms in total. The van der Waals surface area contributed by atoms with Crippen molar-refractivity contribution in [2.24, 2.45) is 0 Å². The SMILES string of the molecule is CN(c1ccc(C(=O)N[C@@H](CO)c2ccccc2)cc1Cl)[C@@H]1CCN(c2ncnc3[nH]ccc23)C1. The summed E-state index contributed by atoms with van der Waals surface area (Å²) < 4.78 is 0. The molecule has 180 valence electrons. The number of anilines is 2. The minimum atomic E-state index is -0.484. The van der Waals surface area contributed by atoms with E-state index in [4.69, 9.17) is 11.6 Å². The first-order valence-corrected chi connectivity index (χ1v) is 11.9. The van der Waals surface area contributed by atoms with Gasteiger partial charge in [0.25, 0.3) is 5.91 Å². The second-order valence-corrected chi connectivity index (χ2v) is 9.13. The van der Waals surface area contributed by atoms with Crippen molar-refractivity contribution in [3.63, 3.8) is 0 Å². The number of aliphatic hydroxyl groups is 1. The lowest BCUT2D eigenvalue weighted by atomic mass is 10.1. The molecule has 5 rings (SSSR count).